The van der Waals surface area contributed by atoms with E-state index in [4.69, 9.17) is 4.74 Å². The van der Waals surface area contributed by atoms with Gasteiger partial charge in [-0.05, 0) is 36.6 Å². The van der Waals surface area contributed by atoms with Gasteiger partial charge in [0.1, 0.15) is 22.8 Å². The molecule has 0 saturated carbocycles. The van der Waals surface area contributed by atoms with Crippen LogP contribution in [0.4, 0.5) is 8.78 Å². The number of nitrogens with one attached hydrogen (secondary N) is 2. The lowest BCUT2D eigenvalue weighted by atomic mass is 10.1. The summed E-state index contributed by atoms with van der Waals surface area (Å²) in [6.07, 6.45) is 0.222. The zero-order valence-corrected chi connectivity index (χ0v) is 17.9. The van der Waals surface area contributed by atoms with Crippen LogP contribution in [0.3, 0.4) is 0 Å². The van der Waals surface area contributed by atoms with Crippen LogP contribution in [0, 0.1) is 11.6 Å². The minimum Gasteiger partial charge on any atom is -0.359 e. The predicted octanol–water partition coefficient (Wildman–Crippen LogP) is 1.18. The smallest absolute Gasteiger partial charge is 0.309 e. The van der Waals surface area contributed by atoms with Crippen molar-refractivity contribution in [3.63, 3.8) is 0 Å². The Morgan fingerprint density at radius 3 is 2.53 bits per heavy atom. The molecular formula is C21H23F2N3O5S. The highest BCUT2D eigenvalue weighted by Gasteiger charge is 2.38. The summed E-state index contributed by atoms with van der Waals surface area (Å²) in [5.41, 5.74) is 1.11. The van der Waals surface area contributed by atoms with E-state index in [0.29, 0.717) is 19.0 Å². The quantitative estimate of drug-likeness (QED) is 0.448. The monoisotopic (exact) mass is 467 g/mol. The van der Waals surface area contributed by atoms with E-state index in [0.717, 1.165) is 28.4 Å². The highest BCUT2D eigenvalue weighted by Crippen LogP contribution is 2.24. The van der Waals surface area contributed by atoms with Crippen molar-refractivity contribution < 1.29 is 31.5 Å². The number of halogens is 2. The van der Waals surface area contributed by atoms with Gasteiger partial charge in [-0.25, -0.2) is 17.2 Å². The van der Waals surface area contributed by atoms with Crippen molar-refractivity contribution >= 4 is 21.8 Å². The molecule has 2 N–H and O–H groups in total. The van der Waals surface area contributed by atoms with Gasteiger partial charge in [-0.2, -0.15) is 4.31 Å². The number of hydrogen-bond donors (Lipinski definition) is 2. The van der Waals surface area contributed by atoms with Crippen LogP contribution >= 0.6 is 0 Å². The van der Waals surface area contributed by atoms with Gasteiger partial charge in [0.15, 0.2) is 0 Å². The third-order valence-electron chi connectivity index (χ3n) is 4.84. The van der Waals surface area contributed by atoms with Crippen molar-refractivity contribution in [3.8, 4) is 0 Å². The van der Waals surface area contributed by atoms with Gasteiger partial charge in [-0.15, -0.1) is 0 Å². The molecular weight excluding hydrogens is 444 g/mol. The standard InChI is InChI=1S/C21H23F2N3O5S/c22-16-8-9-17(23)18(13-16)32(29,30)26-11-12-31-19(26)14-25-21(28)20(27)24-10-4-7-15-5-2-1-3-6-15/h1-3,5-6,8-9,13,19H,4,7,10-12,14H2,(H,24,27)(H,25,28)/t19-/m1/s1. The summed E-state index contributed by atoms with van der Waals surface area (Å²) in [5, 5.41) is 4.81. The van der Waals surface area contributed by atoms with E-state index in [2.05, 4.69) is 10.6 Å². The van der Waals surface area contributed by atoms with Gasteiger partial charge in [0.05, 0.1) is 13.2 Å². The molecule has 0 unspecified atom stereocenters. The largest absolute Gasteiger partial charge is 0.359 e. The predicted molar refractivity (Wildman–Crippen MR) is 111 cm³/mol. The van der Waals surface area contributed by atoms with Crippen LogP contribution in [0.5, 0.6) is 0 Å². The molecule has 32 heavy (non-hydrogen) atoms. The molecule has 2 aromatic carbocycles. The Balaban J connectivity index is 1.50. The van der Waals surface area contributed by atoms with Crippen LogP contribution in [0.25, 0.3) is 0 Å². The maximum atomic E-state index is 14.0. The Bertz CT molecular complexity index is 1070. The fourth-order valence-corrected chi connectivity index (χ4v) is 4.81. The molecule has 1 aliphatic heterocycles. The Morgan fingerprint density at radius 1 is 1.06 bits per heavy atom. The van der Waals surface area contributed by atoms with Gasteiger partial charge in [-0.3, -0.25) is 9.59 Å². The molecule has 1 saturated heterocycles. The van der Waals surface area contributed by atoms with Crippen LogP contribution in [0.15, 0.2) is 53.4 Å². The van der Waals surface area contributed by atoms with Crippen LogP contribution in [-0.4, -0.2) is 57.0 Å². The van der Waals surface area contributed by atoms with E-state index >= 15 is 0 Å². The third kappa shape index (κ3) is 5.87. The summed E-state index contributed by atoms with van der Waals surface area (Å²) in [7, 11) is -4.41. The van der Waals surface area contributed by atoms with Gasteiger partial charge in [0, 0.05) is 13.1 Å². The molecule has 1 aliphatic rings. The van der Waals surface area contributed by atoms with Gasteiger partial charge in [0.25, 0.3) is 0 Å². The zero-order valence-electron chi connectivity index (χ0n) is 17.1. The number of carbonyl (C=O) groups is 2. The first-order valence-corrected chi connectivity index (χ1v) is 11.4. The zero-order chi connectivity index (χ0) is 23.1. The molecule has 3 rings (SSSR count). The Kier molecular flexibility index (Phi) is 7.89. The van der Waals surface area contributed by atoms with Crippen molar-refractivity contribution in [1.29, 1.82) is 0 Å². The van der Waals surface area contributed by atoms with Crippen molar-refractivity contribution in [3.05, 3.63) is 65.7 Å². The van der Waals surface area contributed by atoms with Crippen LogP contribution < -0.4 is 10.6 Å². The van der Waals surface area contributed by atoms with Crippen molar-refractivity contribution in [2.75, 3.05) is 26.2 Å². The van der Waals surface area contributed by atoms with Gasteiger partial charge in [0.2, 0.25) is 10.0 Å². The first-order chi connectivity index (χ1) is 15.3. The maximum absolute atomic E-state index is 14.0. The van der Waals surface area contributed by atoms with E-state index < -0.39 is 44.6 Å². The number of rotatable bonds is 8. The number of sulfonamides is 1. The van der Waals surface area contributed by atoms with E-state index in [1.54, 1.807) is 0 Å². The number of aryl methyl sites for hydroxylation is 1. The number of nitrogens with zero attached hydrogens (tertiary/aromatic N) is 1. The minimum atomic E-state index is -4.41. The topological polar surface area (TPSA) is 105 Å². The summed E-state index contributed by atoms with van der Waals surface area (Å²) in [6, 6.07) is 11.8. The first kappa shape index (κ1) is 23.8. The number of ether oxygens (including phenoxy) is 1. The molecule has 0 aromatic heterocycles. The number of carbonyl (C=O) groups excluding carboxylic acids is 2. The molecule has 1 atom stereocenters. The SMILES string of the molecule is O=C(NCCCc1ccccc1)C(=O)NC[C@H]1OCCN1S(=O)(=O)c1cc(F)ccc1F. The van der Waals surface area contributed by atoms with E-state index in [1.807, 2.05) is 30.3 Å². The lowest BCUT2D eigenvalue weighted by Gasteiger charge is -2.23. The average Bonchev–Trinajstić information content (AvgIpc) is 3.27. The number of hydrogen-bond acceptors (Lipinski definition) is 5. The highest BCUT2D eigenvalue weighted by molar-refractivity contribution is 7.89. The summed E-state index contributed by atoms with van der Waals surface area (Å²) >= 11 is 0. The molecule has 11 heteroatoms. The second kappa shape index (κ2) is 10.6. The fraction of sp³-hybridized carbons (Fsp3) is 0.333. The molecule has 0 radical (unpaired) electrons. The first-order valence-electron chi connectivity index (χ1n) is 9.97. The van der Waals surface area contributed by atoms with Gasteiger partial charge >= 0.3 is 11.8 Å². The highest BCUT2D eigenvalue weighted by atomic mass is 32.2. The lowest BCUT2D eigenvalue weighted by Crippen LogP contribution is -2.47. The molecule has 2 amide bonds. The molecule has 0 aliphatic carbocycles. The minimum absolute atomic E-state index is 0.00237. The summed E-state index contributed by atoms with van der Waals surface area (Å²) < 4.78 is 59.0. The third-order valence-corrected chi connectivity index (χ3v) is 6.74. The van der Waals surface area contributed by atoms with E-state index in [9.17, 15) is 26.8 Å². The number of amides is 2. The van der Waals surface area contributed by atoms with Crippen LogP contribution in [0.1, 0.15) is 12.0 Å². The number of benzene rings is 2. The molecule has 2 aromatic rings. The molecule has 0 spiro atoms. The van der Waals surface area contributed by atoms with E-state index in [1.165, 1.54) is 0 Å². The Hall–Kier alpha value is -2.89. The molecule has 1 fully saturated rings. The van der Waals surface area contributed by atoms with Crippen molar-refractivity contribution in [2.24, 2.45) is 0 Å². The Morgan fingerprint density at radius 2 is 1.78 bits per heavy atom. The maximum Gasteiger partial charge on any atom is 0.309 e. The lowest BCUT2D eigenvalue weighted by molar-refractivity contribution is -0.139. The van der Waals surface area contributed by atoms with Gasteiger partial charge in [-0.1, -0.05) is 30.3 Å². The summed E-state index contributed by atoms with van der Waals surface area (Å²) in [5.74, 6) is -3.81. The van der Waals surface area contributed by atoms with Gasteiger partial charge < -0.3 is 15.4 Å². The average molecular weight is 467 g/mol. The van der Waals surface area contributed by atoms with Crippen molar-refractivity contribution in [2.45, 2.75) is 24.0 Å². The van der Waals surface area contributed by atoms with Crippen molar-refractivity contribution in [1.82, 2.24) is 14.9 Å². The molecule has 172 valence electrons. The van der Waals surface area contributed by atoms with Crippen LogP contribution in [0.2, 0.25) is 0 Å². The summed E-state index contributed by atoms with van der Waals surface area (Å²) in [4.78, 5) is 23.2. The summed E-state index contributed by atoms with van der Waals surface area (Å²) in [6.45, 7) is -0.139. The normalized spacial score (nSPS) is 16.6. The van der Waals surface area contributed by atoms with Crippen LogP contribution in [-0.2, 0) is 30.8 Å². The second-order valence-corrected chi connectivity index (χ2v) is 8.93. The molecule has 8 nitrogen and oxygen atoms in total. The fourth-order valence-electron chi connectivity index (χ4n) is 3.22. The molecule has 1 heterocycles. The molecule has 0 bridgehead atoms. The van der Waals surface area contributed by atoms with E-state index in [-0.39, 0.29) is 19.7 Å². The second-order valence-electron chi connectivity index (χ2n) is 7.07. The Labute approximate surface area is 184 Å².